The molecule has 0 amide bonds. The monoisotopic (exact) mass is 515 g/mol. The summed E-state index contributed by atoms with van der Waals surface area (Å²) in [5.41, 5.74) is 6.14. The van der Waals surface area contributed by atoms with Crippen LogP contribution in [0, 0.1) is 6.92 Å². The molecule has 5 rings (SSSR count). The average molecular weight is 516 g/mol. The molecule has 0 saturated carbocycles. The smallest absolute Gasteiger partial charge is 0.227 e. The standard InChI is InChI=1S/C28H22ClN3OS2/c1-18-16-30-28(31-22-8-3-2-4-9-22)32-26(18)27-24(20-6-5-7-21(29)14-20)15-25(35-27)34-17-19-10-12-23(33)13-11-19/h2-16,33H,17H2,1H3,(H,30,31,32). The Hall–Kier alpha value is -3.32. The fourth-order valence-corrected chi connectivity index (χ4v) is 6.14. The van der Waals surface area contributed by atoms with Crippen molar-refractivity contribution < 1.29 is 5.11 Å². The lowest BCUT2D eigenvalue weighted by Gasteiger charge is -2.10. The molecular formula is C28H22ClN3OS2. The van der Waals surface area contributed by atoms with E-state index in [2.05, 4.69) is 22.4 Å². The van der Waals surface area contributed by atoms with Crippen LogP contribution in [0.2, 0.25) is 5.02 Å². The first-order chi connectivity index (χ1) is 17.0. The summed E-state index contributed by atoms with van der Waals surface area (Å²) < 4.78 is 1.18. The summed E-state index contributed by atoms with van der Waals surface area (Å²) in [6.07, 6.45) is 1.86. The van der Waals surface area contributed by atoms with Crippen LogP contribution >= 0.6 is 34.7 Å². The molecule has 2 heterocycles. The van der Waals surface area contributed by atoms with E-state index in [4.69, 9.17) is 16.6 Å². The Morgan fingerprint density at radius 2 is 1.77 bits per heavy atom. The molecule has 5 aromatic rings. The van der Waals surface area contributed by atoms with Gasteiger partial charge in [0.1, 0.15) is 5.75 Å². The number of benzene rings is 3. The SMILES string of the molecule is Cc1cnc(Nc2ccccc2)nc1-c1sc(SCc2ccc(O)cc2)cc1-c1cccc(Cl)c1. The summed E-state index contributed by atoms with van der Waals surface area (Å²) in [6, 6.07) is 27.4. The van der Waals surface area contributed by atoms with E-state index in [1.807, 2.05) is 73.8 Å². The van der Waals surface area contributed by atoms with Gasteiger partial charge in [-0.1, -0.05) is 54.1 Å². The molecule has 4 nitrogen and oxygen atoms in total. The van der Waals surface area contributed by atoms with E-state index in [1.54, 1.807) is 35.2 Å². The van der Waals surface area contributed by atoms with Gasteiger partial charge in [-0.25, -0.2) is 9.97 Å². The van der Waals surface area contributed by atoms with Crippen molar-refractivity contribution in [2.75, 3.05) is 5.32 Å². The van der Waals surface area contributed by atoms with Gasteiger partial charge in [0.05, 0.1) is 14.8 Å². The minimum atomic E-state index is 0.277. The Morgan fingerprint density at radius 1 is 0.971 bits per heavy atom. The minimum absolute atomic E-state index is 0.277. The first-order valence-corrected chi connectivity index (χ1v) is 13.2. The van der Waals surface area contributed by atoms with E-state index in [-0.39, 0.29) is 5.75 Å². The van der Waals surface area contributed by atoms with Gasteiger partial charge >= 0.3 is 0 Å². The molecule has 0 aliphatic rings. The van der Waals surface area contributed by atoms with Gasteiger partial charge in [0.2, 0.25) is 5.95 Å². The molecule has 7 heteroatoms. The highest BCUT2D eigenvalue weighted by molar-refractivity contribution is 8.00. The van der Waals surface area contributed by atoms with Gasteiger partial charge in [0.25, 0.3) is 0 Å². The number of thiophene rings is 1. The number of phenols is 1. The van der Waals surface area contributed by atoms with Crippen LogP contribution in [0.25, 0.3) is 21.7 Å². The van der Waals surface area contributed by atoms with Crippen molar-refractivity contribution in [1.29, 1.82) is 0 Å². The van der Waals surface area contributed by atoms with E-state index in [0.717, 1.165) is 44.3 Å². The maximum atomic E-state index is 9.56. The van der Waals surface area contributed by atoms with E-state index >= 15 is 0 Å². The molecule has 0 atom stereocenters. The van der Waals surface area contributed by atoms with Gasteiger partial charge in [0, 0.05) is 28.2 Å². The maximum absolute atomic E-state index is 9.56. The first-order valence-electron chi connectivity index (χ1n) is 11.0. The number of thioether (sulfide) groups is 1. The molecule has 2 N–H and O–H groups in total. The van der Waals surface area contributed by atoms with E-state index in [9.17, 15) is 5.11 Å². The van der Waals surface area contributed by atoms with Crippen LogP contribution in [0.15, 0.2) is 95.3 Å². The fraction of sp³-hybridized carbons (Fsp3) is 0.0714. The minimum Gasteiger partial charge on any atom is -0.508 e. The summed E-state index contributed by atoms with van der Waals surface area (Å²) in [7, 11) is 0. The molecule has 35 heavy (non-hydrogen) atoms. The second-order valence-electron chi connectivity index (χ2n) is 7.99. The molecule has 0 aliphatic carbocycles. The molecule has 2 aromatic heterocycles. The second kappa shape index (κ2) is 10.5. The number of aryl methyl sites for hydroxylation is 1. The van der Waals surface area contributed by atoms with Crippen LogP contribution < -0.4 is 5.32 Å². The van der Waals surface area contributed by atoms with Gasteiger partial charge < -0.3 is 10.4 Å². The molecule has 0 unspecified atom stereocenters. The molecule has 3 aromatic carbocycles. The maximum Gasteiger partial charge on any atom is 0.227 e. The van der Waals surface area contributed by atoms with Crippen molar-refractivity contribution >= 4 is 46.3 Å². The third-order valence-corrected chi connectivity index (χ3v) is 8.03. The summed E-state index contributed by atoms with van der Waals surface area (Å²) >= 11 is 9.83. The zero-order chi connectivity index (χ0) is 24.2. The Kier molecular flexibility index (Phi) is 7.04. The molecule has 0 saturated heterocycles. The van der Waals surface area contributed by atoms with Crippen molar-refractivity contribution in [2.24, 2.45) is 0 Å². The molecule has 174 valence electrons. The molecule has 0 radical (unpaired) electrons. The number of para-hydroxylation sites is 1. The van der Waals surface area contributed by atoms with Crippen molar-refractivity contribution in [2.45, 2.75) is 16.9 Å². The second-order valence-corrected chi connectivity index (χ2v) is 10.8. The van der Waals surface area contributed by atoms with Crippen molar-refractivity contribution in [1.82, 2.24) is 9.97 Å². The third kappa shape index (κ3) is 5.68. The van der Waals surface area contributed by atoms with Crippen LogP contribution in [0.1, 0.15) is 11.1 Å². The van der Waals surface area contributed by atoms with Gasteiger partial charge in [-0.15, -0.1) is 23.1 Å². The largest absolute Gasteiger partial charge is 0.508 e. The van der Waals surface area contributed by atoms with Crippen LogP contribution in [0.4, 0.5) is 11.6 Å². The Morgan fingerprint density at radius 3 is 2.54 bits per heavy atom. The van der Waals surface area contributed by atoms with Gasteiger partial charge in [-0.2, -0.15) is 0 Å². The number of phenolic OH excluding ortho intramolecular Hbond substituents is 1. The lowest BCUT2D eigenvalue weighted by atomic mass is 10.0. The highest BCUT2D eigenvalue weighted by Gasteiger charge is 2.18. The Labute approximate surface area is 217 Å². The summed E-state index contributed by atoms with van der Waals surface area (Å²) in [5, 5.41) is 13.6. The van der Waals surface area contributed by atoms with Crippen molar-refractivity contribution in [3.8, 4) is 27.4 Å². The Balaban J connectivity index is 1.52. The Bertz CT molecular complexity index is 1450. The highest BCUT2D eigenvalue weighted by atomic mass is 35.5. The number of anilines is 2. The molecular weight excluding hydrogens is 494 g/mol. The zero-order valence-corrected chi connectivity index (χ0v) is 21.3. The van der Waals surface area contributed by atoms with Crippen LogP contribution in [0.3, 0.4) is 0 Å². The normalized spacial score (nSPS) is 10.9. The van der Waals surface area contributed by atoms with Gasteiger partial charge in [0.15, 0.2) is 0 Å². The van der Waals surface area contributed by atoms with Gasteiger partial charge in [-0.05, 0) is 66.1 Å². The van der Waals surface area contributed by atoms with Crippen LogP contribution in [-0.4, -0.2) is 15.1 Å². The molecule has 0 spiro atoms. The topological polar surface area (TPSA) is 58.0 Å². The number of nitrogens with one attached hydrogen (secondary N) is 1. The number of hydrogen-bond acceptors (Lipinski definition) is 6. The quantitative estimate of drug-likeness (QED) is 0.212. The third-order valence-electron chi connectivity index (χ3n) is 5.38. The number of aromatic nitrogens is 2. The zero-order valence-electron chi connectivity index (χ0n) is 18.9. The molecule has 0 aliphatic heterocycles. The number of halogens is 1. The van der Waals surface area contributed by atoms with E-state index in [0.29, 0.717) is 11.0 Å². The average Bonchev–Trinajstić information content (AvgIpc) is 3.30. The summed E-state index contributed by atoms with van der Waals surface area (Å²) in [4.78, 5) is 10.5. The van der Waals surface area contributed by atoms with E-state index in [1.165, 1.54) is 4.21 Å². The predicted octanol–water partition coefficient (Wildman–Crippen LogP) is 8.58. The van der Waals surface area contributed by atoms with Crippen molar-refractivity contribution in [3.63, 3.8) is 0 Å². The lowest BCUT2D eigenvalue weighted by molar-refractivity contribution is 0.475. The van der Waals surface area contributed by atoms with Crippen molar-refractivity contribution in [3.05, 3.63) is 107 Å². The lowest BCUT2D eigenvalue weighted by Crippen LogP contribution is -1.99. The number of nitrogens with zero attached hydrogens (tertiary/aromatic N) is 2. The van der Waals surface area contributed by atoms with E-state index < -0.39 is 0 Å². The molecule has 0 fully saturated rings. The summed E-state index contributed by atoms with van der Waals surface area (Å²) in [6.45, 7) is 2.03. The number of aromatic hydroxyl groups is 1. The number of rotatable bonds is 7. The number of hydrogen-bond donors (Lipinski definition) is 2. The highest BCUT2D eigenvalue weighted by Crippen LogP contribution is 2.44. The predicted molar refractivity (Wildman–Crippen MR) is 148 cm³/mol. The fourth-order valence-electron chi connectivity index (χ4n) is 3.62. The molecule has 0 bridgehead atoms. The summed E-state index contributed by atoms with van der Waals surface area (Å²) in [5.74, 6) is 1.64. The first kappa shape index (κ1) is 23.4. The van der Waals surface area contributed by atoms with Crippen LogP contribution in [0.5, 0.6) is 5.75 Å². The van der Waals surface area contributed by atoms with Crippen LogP contribution in [-0.2, 0) is 5.75 Å². The van der Waals surface area contributed by atoms with Gasteiger partial charge in [-0.3, -0.25) is 0 Å².